The van der Waals surface area contributed by atoms with Gasteiger partial charge in [0.2, 0.25) is 5.91 Å². The summed E-state index contributed by atoms with van der Waals surface area (Å²) in [5.74, 6) is 0.782. The monoisotopic (exact) mass is 356 g/mol. The SMILES string of the molecule is CNC(=O)c1cc(OC)ccc1NC(=O)CCOc1cccc(C)c1C. The fraction of sp³-hybridized carbons (Fsp3) is 0.300. The second kappa shape index (κ2) is 8.89. The van der Waals surface area contributed by atoms with Gasteiger partial charge in [0, 0.05) is 7.05 Å². The molecule has 0 spiro atoms. The lowest BCUT2D eigenvalue weighted by atomic mass is 10.1. The van der Waals surface area contributed by atoms with Crippen molar-refractivity contribution in [3.8, 4) is 11.5 Å². The maximum Gasteiger partial charge on any atom is 0.253 e. The zero-order valence-corrected chi connectivity index (χ0v) is 15.5. The zero-order valence-electron chi connectivity index (χ0n) is 15.5. The second-order valence-corrected chi connectivity index (χ2v) is 5.84. The van der Waals surface area contributed by atoms with E-state index < -0.39 is 0 Å². The zero-order chi connectivity index (χ0) is 19.1. The lowest BCUT2D eigenvalue weighted by molar-refractivity contribution is -0.116. The van der Waals surface area contributed by atoms with Gasteiger partial charge in [0.15, 0.2) is 0 Å². The Labute approximate surface area is 153 Å². The van der Waals surface area contributed by atoms with E-state index in [0.29, 0.717) is 17.0 Å². The van der Waals surface area contributed by atoms with Gasteiger partial charge in [-0.2, -0.15) is 0 Å². The molecule has 2 N–H and O–H groups in total. The van der Waals surface area contributed by atoms with E-state index in [1.54, 1.807) is 18.2 Å². The normalized spacial score (nSPS) is 10.2. The van der Waals surface area contributed by atoms with E-state index in [0.717, 1.165) is 16.9 Å². The summed E-state index contributed by atoms with van der Waals surface area (Å²) in [5.41, 5.74) is 2.97. The summed E-state index contributed by atoms with van der Waals surface area (Å²) < 4.78 is 10.8. The predicted molar refractivity (Wildman–Crippen MR) is 101 cm³/mol. The van der Waals surface area contributed by atoms with Crippen LogP contribution in [-0.4, -0.2) is 32.6 Å². The minimum atomic E-state index is -0.300. The van der Waals surface area contributed by atoms with E-state index in [1.807, 2.05) is 32.0 Å². The third-order valence-electron chi connectivity index (χ3n) is 4.11. The van der Waals surface area contributed by atoms with Crippen LogP contribution in [0.15, 0.2) is 36.4 Å². The topological polar surface area (TPSA) is 76.7 Å². The van der Waals surface area contributed by atoms with E-state index in [1.165, 1.54) is 14.2 Å². The molecule has 26 heavy (non-hydrogen) atoms. The van der Waals surface area contributed by atoms with E-state index in [-0.39, 0.29) is 24.8 Å². The average Bonchev–Trinajstić information content (AvgIpc) is 2.64. The third kappa shape index (κ3) is 4.75. The Morgan fingerprint density at radius 3 is 2.58 bits per heavy atom. The number of aryl methyl sites for hydroxylation is 1. The van der Waals surface area contributed by atoms with Crippen molar-refractivity contribution in [1.82, 2.24) is 5.32 Å². The van der Waals surface area contributed by atoms with Gasteiger partial charge in [0.05, 0.1) is 31.4 Å². The Kier molecular flexibility index (Phi) is 6.60. The summed E-state index contributed by atoms with van der Waals surface area (Å²) in [6, 6.07) is 10.7. The molecular formula is C20H24N2O4. The molecule has 0 aliphatic heterocycles. The van der Waals surface area contributed by atoms with Gasteiger partial charge >= 0.3 is 0 Å². The number of nitrogens with one attached hydrogen (secondary N) is 2. The molecule has 6 heteroatoms. The maximum atomic E-state index is 12.2. The van der Waals surface area contributed by atoms with Crippen molar-refractivity contribution in [2.24, 2.45) is 0 Å². The van der Waals surface area contributed by atoms with Gasteiger partial charge in [-0.05, 0) is 49.2 Å². The smallest absolute Gasteiger partial charge is 0.253 e. The Morgan fingerprint density at radius 1 is 1.12 bits per heavy atom. The molecule has 2 aromatic carbocycles. The molecule has 0 unspecified atom stereocenters. The lowest BCUT2D eigenvalue weighted by Gasteiger charge is -2.13. The number of rotatable bonds is 7. The highest BCUT2D eigenvalue weighted by Crippen LogP contribution is 2.23. The molecule has 0 aliphatic rings. The number of amides is 2. The first-order valence-corrected chi connectivity index (χ1v) is 8.35. The molecule has 6 nitrogen and oxygen atoms in total. The summed E-state index contributed by atoms with van der Waals surface area (Å²) in [4.78, 5) is 24.2. The Bertz CT molecular complexity index is 802. The van der Waals surface area contributed by atoms with Crippen molar-refractivity contribution in [2.75, 3.05) is 26.1 Å². The van der Waals surface area contributed by atoms with Gasteiger partial charge in [0.1, 0.15) is 11.5 Å². The van der Waals surface area contributed by atoms with Gasteiger partial charge in [-0.3, -0.25) is 9.59 Å². The molecule has 0 fully saturated rings. The molecule has 0 heterocycles. The van der Waals surface area contributed by atoms with Gasteiger partial charge < -0.3 is 20.1 Å². The fourth-order valence-corrected chi connectivity index (χ4v) is 2.43. The van der Waals surface area contributed by atoms with Crippen LogP contribution in [0.2, 0.25) is 0 Å². The van der Waals surface area contributed by atoms with E-state index in [2.05, 4.69) is 10.6 Å². The highest BCUT2D eigenvalue weighted by Gasteiger charge is 2.14. The molecular weight excluding hydrogens is 332 g/mol. The first kappa shape index (κ1) is 19.3. The molecule has 138 valence electrons. The molecule has 0 bridgehead atoms. The summed E-state index contributed by atoms with van der Waals surface area (Å²) in [5, 5.41) is 5.31. The Morgan fingerprint density at radius 2 is 1.88 bits per heavy atom. The van der Waals surface area contributed by atoms with Crippen LogP contribution < -0.4 is 20.1 Å². The van der Waals surface area contributed by atoms with E-state index in [9.17, 15) is 9.59 Å². The van der Waals surface area contributed by atoms with Crippen molar-refractivity contribution in [3.63, 3.8) is 0 Å². The summed E-state index contributed by atoms with van der Waals surface area (Å²) >= 11 is 0. The Balaban J connectivity index is 1.99. The predicted octanol–water partition coefficient (Wildman–Crippen LogP) is 3.08. The molecule has 0 atom stereocenters. The van der Waals surface area contributed by atoms with Crippen LogP contribution in [0.25, 0.3) is 0 Å². The highest BCUT2D eigenvalue weighted by atomic mass is 16.5. The van der Waals surface area contributed by atoms with E-state index in [4.69, 9.17) is 9.47 Å². The maximum absolute atomic E-state index is 12.2. The van der Waals surface area contributed by atoms with Crippen molar-refractivity contribution in [2.45, 2.75) is 20.3 Å². The highest BCUT2D eigenvalue weighted by molar-refractivity contribution is 6.04. The van der Waals surface area contributed by atoms with E-state index >= 15 is 0 Å². The number of methoxy groups -OCH3 is 1. The van der Waals surface area contributed by atoms with Crippen LogP contribution in [0.1, 0.15) is 27.9 Å². The van der Waals surface area contributed by atoms with Gasteiger partial charge in [-0.15, -0.1) is 0 Å². The number of hydrogen-bond acceptors (Lipinski definition) is 4. The summed E-state index contributed by atoms with van der Waals surface area (Å²) in [7, 11) is 3.05. The minimum absolute atomic E-state index is 0.173. The molecule has 0 saturated heterocycles. The van der Waals surface area contributed by atoms with Crippen LogP contribution in [0.4, 0.5) is 5.69 Å². The second-order valence-electron chi connectivity index (χ2n) is 5.84. The molecule has 0 radical (unpaired) electrons. The first-order valence-electron chi connectivity index (χ1n) is 8.35. The van der Waals surface area contributed by atoms with Crippen molar-refractivity contribution in [1.29, 1.82) is 0 Å². The Hall–Kier alpha value is -3.02. The average molecular weight is 356 g/mol. The molecule has 2 rings (SSSR count). The van der Waals surface area contributed by atoms with Crippen LogP contribution in [0.3, 0.4) is 0 Å². The van der Waals surface area contributed by atoms with Crippen molar-refractivity contribution in [3.05, 3.63) is 53.1 Å². The quantitative estimate of drug-likeness (QED) is 0.799. The number of anilines is 1. The molecule has 0 aromatic heterocycles. The van der Waals surface area contributed by atoms with Crippen LogP contribution in [-0.2, 0) is 4.79 Å². The van der Waals surface area contributed by atoms with Gasteiger partial charge in [-0.25, -0.2) is 0 Å². The van der Waals surface area contributed by atoms with Crippen molar-refractivity contribution < 1.29 is 19.1 Å². The number of carbonyl (C=O) groups excluding carboxylic acids is 2. The largest absolute Gasteiger partial charge is 0.497 e. The minimum Gasteiger partial charge on any atom is -0.497 e. The first-order chi connectivity index (χ1) is 12.5. The van der Waals surface area contributed by atoms with Gasteiger partial charge in [-0.1, -0.05) is 12.1 Å². The fourth-order valence-electron chi connectivity index (χ4n) is 2.43. The van der Waals surface area contributed by atoms with Gasteiger partial charge in [0.25, 0.3) is 5.91 Å². The summed E-state index contributed by atoms with van der Waals surface area (Å²) in [6.45, 7) is 4.25. The molecule has 2 aromatic rings. The number of benzene rings is 2. The number of carbonyl (C=O) groups is 2. The summed E-state index contributed by atoms with van der Waals surface area (Å²) in [6.07, 6.45) is 0.173. The van der Waals surface area contributed by atoms with Crippen LogP contribution in [0.5, 0.6) is 11.5 Å². The standard InChI is InChI=1S/C20H24N2O4/c1-13-6-5-7-18(14(13)2)26-11-10-19(23)22-17-9-8-15(25-4)12-16(17)20(24)21-3/h5-9,12H,10-11H2,1-4H3,(H,21,24)(H,22,23). The van der Waals surface area contributed by atoms with Crippen LogP contribution >= 0.6 is 0 Å². The molecule has 0 saturated carbocycles. The number of hydrogen-bond donors (Lipinski definition) is 2. The third-order valence-corrected chi connectivity index (χ3v) is 4.11. The van der Waals surface area contributed by atoms with Crippen LogP contribution in [0, 0.1) is 13.8 Å². The number of ether oxygens (including phenoxy) is 2. The van der Waals surface area contributed by atoms with Crippen molar-refractivity contribution >= 4 is 17.5 Å². The molecule has 2 amide bonds. The lowest BCUT2D eigenvalue weighted by Crippen LogP contribution is -2.22. The molecule has 0 aliphatic carbocycles.